The fourth-order valence-corrected chi connectivity index (χ4v) is 2.96. The van der Waals surface area contributed by atoms with Crippen molar-refractivity contribution in [1.82, 2.24) is 10.3 Å². The van der Waals surface area contributed by atoms with Crippen LogP contribution in [0.3, 0.4) is 0 Å². The summed E-state index contributed by atoms with van der Waals surface area (Å²) in [6.45, 7) is 3.12. The standard InChI is InChI=1S/C14H18N2O/c1-9-13(17-2)7-11(8-16-9)12-4-3-10-5-6-15-14(10)12/h4,7-8,10,14-15H,3,5-6H2,1-2H3. The van der Waals surface area contributed by atoms with E-state index in [4.69, 9.17) is 4.74 Å². The van der Waals surface area contributed by atoms with E-state index >= 15 is 0 Å². The van der Waals surface area contributed by atoms with E-state index < -0.39 is 0 Å². The molecule has 2 unspecified atom stereocenters. The lowest BCUT2D eigenvalue weighted by Crippen LogP contribution is -2.24. The first kappa shape index (κ1) is 10.8. The largest absolute Gasteiger partial charge is 0.495 e. The number of rotatable bonds is 2. The van der Waals surface area contributed by atoms with Crippen LogP contribution in [-0.2, 0) is 0 Å². The molecule has 0 bridgehead atoms. The van der Waals surface area contributed by atoms with Crippen LogP contribution < -0.4 is 10.1 Å². The molecule has 0 amide bonds. The number of allylic oxidation sites excluding steroid dienone is 1. The number of methoxy groups -OCH3 is 1. The smallest absolute Gasteiger partial charge is 0.140 e. The SMILES string of the molecule is COc1cc(C2=CCC3CCNC23)cnc1C. The minimum Gasteiger partial charge on any atom is -0.495 e. The Morgan fingerprint density at radius 2 is 2.35 bits per heavy atom. The van der Waals surface area contributed by atoms with E-state index in [1.54, 1.807) is 7.11 Å². The summed E-state index contributed by atoms with van der Waals surface area (Å²) in [5.74, 6) is 1.67. The second-order valence-corrected chi connectivity index (χ2v) is 4.89. The number of nitrogens with zero attached hydrogens (tertiary/aromatic N) is 1. The molecule has 3 rings (SSSR count). The Morgan fingerprint density at radius 3 is 3.18 bits per heavy atom. The predicted octanol–water partition coefficient (Wildman–Crippen LogP) is 2.16. The van der Waals surface area contributed by atoms with Crippen LogP contribution in [0.25, 0.3) is 5.57 Å². The van der Waals surface area contributed by atoms with Gasteiger partial charge in [-0.15, -0.1) is 0 Å². The van der Waals surface area contributed by atoms with Gasteiger partial charge in [0.05, 0.1) is 12.8 Å². The zero-order valence-electron chi connectivity index (χ0n) is 10.4. The maximum Gasteiger partial charge on any atom is 0.140 e. The normalized spacial score (nSPS) is 26.8. The summed E-state index contributed by atoms with van der Waals surface area (Å²) >= 11 is 0. The Labute approximate surface area is 102 Å². The Balaban J connectivity index is 1.94. The van der Waals surface area contributed by atoms with Gasteiger partial charge in [-0.3, -0.25) is 4.98 Å². The lowest BCUT2D eigenvalue weighted by atomic mass is 9.97. The number of fused-ring (bicyclic) bond motifs is 1. The summed E-state index contributed by atoms with van der Waals surface area (Å²) in [5.41, 5.74) is 3.55. The van der Waals surface area contributed by atoms with E-state index in [0.29, 0.717) is 6.04 Å². The van der Waals surface area contributed by atoms with Crippen molar-refractivity contribution in [2.75, 3.05) is 13.7 Å². The molecule has 17 heavy (non-hydrogen) atoms. The fourth-order valence-electron chi connectivity index (χ4n) is 2.96. The molecule has 0 spiro atoms. The average Bonchev–Trinajstić information content (AvgIpc) is 2.92. The molecule has 1 N–H and O–H groups in total. The minimum absolute atomic E-state index is 0.532. The summed E-state index contributed by atoms with van der Waals surface area (Å²) in [5, 5.41) is 3.58. The quantitative estimate of drug-likeness (QED) is 0.845. The van der Waals surface area contributed by atoms with Crippen molar-refractivity contribution in [3.05, 3.63) is 29.6 Å². The first-order valence-electron chi connectivity index (χ1n) is 6.24. The van der Waals surface area contributed by atoms with Crippen LogP contribution >= 0.6 is 0 Å². The summed E-state index contributed by atoms with van der Waals surface area (Å²) < 4.78 is 5.35. The number of hydrogen-bond donors (Lipinski definition) is 1. The molecular formula is C14H18N2O. The maximum atomic E-state index is 5.35. The highest BCUT2D eigenvalue weighted by atomic mass is 16.5. The number of aromatic nitrogens is 1. The van der Waals surface area contributed by atoms with Crippen LogP contribution in [0.4, 0.5) is 0 Å². The second kappa shape index (κ2) is 4.15. The van der Waals surface area contributed by atoms with Crippen LogP contribution in [0.5, 0.6) is 5.75 Å². The number of nitrogens with one attached hydrogen (secondary N) is 1. The number of hydrogen-bond acceptors (Lipinski definition) is 3. The van der Waals surface area contributed by atoms with Crippen LogP contribution in [0.1, 0.15) is 24.1 Å². The van der Waals surface area contributed by atoms with Gasteiger partial charge in [0.2, 0.25) is 0 Å². The molecule has 2 aliphatic rings. The molecular weight excluding hydrogens is 212 g/mol. The number of pyridine rings is 1. The molecule has 0 aromatic carbocycles. The molecule has 0 saturated carbocycles. The van der Waals surface area contributed by atoms with Crippen molar-refractivity contribution in [3.63, 3.8) is 0 Å². The minimum atomic E-state index is 0.532. The first-order valence-corrected chi connectivity index (χ1v) is 6.24. The van der Waals surface area contributed by atoms with Crippen molar-refractivity contribution in [1.29, 1.82) is 0 Å². The summed E-state index contributed by atoms with van der Waals surface area (Å²) in [4.78, 5) is 4.42. The van der Waals surface area contributed by atoms with Crippen LogP contribution in [0.2, 0.25) is 0 Å². The summed E-state index contributed by atoms with van der Waals surface area (Å²) in [6.07, 6.45) is 6.81. The van der Waals surface area contributed by atoms with Gasteiger partial charge in [-0.1, -0.05) is 6.08 Å². The Kier molecular flexibility index (Phi) is 2.63. The molecule has 1 aliphatic carbocycles. The molecule has 2 atom stereocenters. The van der Waals surface area contributed by atoms with Crippen molar-refractivity contribution in [3.8, 4) is 5.75 Å². The fraction of sp³-hybridized carbons (Fsp3) is 0.500. The van der Waals surface area contributed by atoms with Gasteiger partial charge in [0, 0.05) is 17.8 Å². The third-order valence-corrected chi connectivity index (χ3v) is 3.92. The topological polar surface area (TPSA) is 34.1 Å². The van der Waals surface area contributed by atoms with E-state index in [9.17, 15) is 0 Å². The molecule has 1 aliphatic heterocycles. The van der Waals surface area contributed by atoms with Crippen LogP contribution in [0, 0.1) is 12.8 Å². The van der Waals surface area contributed by atoms with E-state index in [0.717, 1.165) is 23.9 Å². The summed E-state index contributed by atoms with van der Waals surface area (Å²) in [7, 11) is 1.70. The Morgan fingerprint density at radius 1 is 1.47 bits per heavy atom. The molecule has 1 aromatic rings. The maximum absolute atomic E-state index is 5.35. The van der Waals surface area contributed by atoms with Gasteiger partial charge in [-0.2, -0.15) is 0 Å². The van der Waals surface area contributed by atoms with Crippen molar-refractivity contribution in [2.45, 2.75) is 25.8 Å². The monoisotopic (exact) mass is 230 g/mol. The summed E-state index contributed by atoms with van der Waals surface area (Å²) in [6, 6.07) is 2.64. The van der Waals surface area contributed by atoms with E-state index in [1.807, 2.05) is 13.1 Å². The van der Waals surface area contributed by atoms with Crippen molar-refractivity contribution >= 4 is 5.57 Å². The number of aryl methyl sites for hydroxylation is 1. The Hall–Kier alpha value is -1.35. The van der Waals surface area contributed by atoms with Gasteiger partial charge < -0.3 is 10.1 Å². The molecule has 1 aromatic heterocycles. The molecule has 2 heterocycles. The van der Waals surface area contributed by atoms with Gasteiger partial charge in [-0.05, 0) is 43.9 Å². The van der Waals surface area contributed by atoms with Crippen LogP contribution in [0.15, 0.2) is 18.3 Å². The van der Waals surface area contributed by atoms with Gasteiger partial charge >= 0.3 is 0 Å². The third-order valence-electron chi connectivity index (χ3n) is 3.92. The van der Waals surface area contributed by atoms with Gasteiger partial charge in [0.25, 0.3) is 0 Å². The average molecular weight is 230 g/mol. The zero-order chi connectivity index (χ0) is 11.8. The van der Waals surface area contributed by atoms with Crippen molar-refractivity contribution < 1.29 is 4.74 Å². The van der Waals surface area contributed by atoms with Gasteiger partial charge in [0.15, 0.2) is 0 Å². The third kappa shape index (κ3) is 1.75. The predicted molar refractivity (Wildman–Crippen MR) is 68.0 cm³/mol. The van der Waals surface area contributed by atoms with Crippen molar-refractivity contribution in [2.24, 2.45) is 5.92 Å². The van der Waals surface area contributed by atoms with E-state index in [-0.39, 0.29) is 0 Å². The molecule has 3 heteroatoms. The first-order chi connectivity index (χ1) is 8.29. The zero-order valence-corrected chi connectivity index (χ0v) is 10.4. The molecule has 1 fully saturated rings. The van der Waals surface area contributed by atoms with E-state index in [1.165, 1.54) is 24.0 Å². The highest BCUT2D eigenvalue weighted by Crippen LogP contribution is 2.38. The van der Waals surface area contributed by atoms with Gasteiger partial charge in [0.1, 0.15) is 5.75 Å². The second-order valence-electron chi connectivity index (χ2n) is 4.89. The molecule has 0 radical (unpaired) electrons. The van der Waals surface area contributed by atoms with Gasteiger partial charge in [-0.25, -0.2) is 0 Å². The molecule has 3 nitrogen and oxygen atoms in total. The number of ether oxygens (including phenoxy) is 1. The highest BCUT2D eigenvalue weighted by Gasteiger charge is 2.34. The van der Waals surface area contributed by atoms with E-state index in [2.05, 4.69) is 22.4 Å². The lowest BCUT2D eigenvalue weighted by molar-refractivity contribution is 0.409. The lowest BCUT2D eigenvalue weighted by Gasteiger charge is -2.16. The highest BCUT2D eigenvalue weighted by molar-refractivity contribution is 5.73. The van der Waals surface area contributed by atoms with Crippen LogP contribution in [-0.4, -0.2) is 24.7 Å². The molecule has 90 valence electrons. The Bertz CT molecular complexity index is 467. The molecule has 1 saturated heterocycles.